The van der Waals surface area contributed by atoms with E-state index in [1.54, 1.807) is 0 Å². The molecule has 1 aliphatic heterocycles. The minimum Gasteiger partial charge on any atom is -0.380 e. The zero-order valence-corrected chi connectivity index (χ0v) is 8.75. The quantitative estimate of drug-likeness (QED) is 0.602. The maximum atomic E-state index is 5.25. The largest absolute Gasteiger partial charge is 0.380 e. The fourth-order valence-electron chi connectivity index (χ4n) is 1.38. The Morgan fingerprint density at radius 2 is 1.92 bits per heavy atom. The van der Waals surface area contributed by atoms with E-state index >= 15 is 0 Å². The van der Waals surface area contributed by atoms with Crippen molar-refractivity contribution in [1.29, 1.82) is 0 Å². The summed E-state index contributed by atoms with van der Waals surface area (Å²) in [4.78, 5) is 2.35. The fourth-order valence-corrected chi connectivity index (χ4v) is 1.38. The molecule has 0 atom stereocenters. The van der Waals surface area contributed by atoms with Gasteiger partial charge in [0.1, 0.15) is 0 Å². The van der Waals surface area contributed by atoms with E-state index in [4.69, 9.17) is 4.74 Å². The second-order valence-corrected chi connectivity index (χ2v) is 3.40. The molecule has 1 fully saturated rings. The van der Waals surface area contributed by atoms with Crippen LogP contribution in [0, 0.1) is 0 Å². The highest BCUT2D eigenvalue weighted by molar-refractivity contribution is 4.65. The number of ether oxygens (including phenoxy) is 1. The summed E-state index contributed by atoms with van der Waals surface area (Å²) in [5.74, 6) is 0. The van der Waals surface area contributed by atoms with Crippen LogP contribution in [0.2, 0.25) is 0 Å². The van der Waals surface area contributed by atoms with Crippen LogP contribution in [0.15, 0.2) is 0 Å². The third-order valence-corrected chi connectivity index (χ3v) is 2.29. The lowest BCUT2D eigenvalue weighted by molar-refractivity contribution is 0.0796. The highest BCUT2D eigenvalue weighted by Gasteiger charge is 2.12. The molecule has 1 saturated heterocycles. The van der Waals surface area contributed by atoms with Crippen LogP contribution in [0.1, 0.15) is 6.92 Å². The molecule has 1 N–H and O–H groups in total. The Morgan fingerprint density at radius 3 is 2.54 bits per heavy atom. The van der Waals surface area contributed by atoms with Gasteiger partial charge in [-0.3, -0.25) is 5.43 Å². The van der Waals surface area contributed by atoms with Crippen LogP contribution < -0.4 is 5.43 Å². The van der Waals surface area contributed by atoms with E-state index in [1.807, 2.05) is 6.92 Å². The molecule has 0 aromatic carbocycles. The first-order chi connectivity index (χ1) is 6.33. The number of piperazine rings is 1. The van der Waals surface area contributed by atoms with E-state index in [0.29, 0.717) is 0 Å². The van der Waals surface area contributed by atoms with Crippen LogP contribution in [0.4, 0.5) is 0 Å². The molecule has 0 bridgehead atoms. The van der Waals surface area contributed by atoms with Crippen LogP contribution in [-0.4, -0.2) is 62.9 Å². The number of nitrogens with one attached hydrogen (secondary N) is 1. The topological polar surface area (TPSA) is 27.7 Å². The molecule has 0 radical (unpaired) electrons. The highest BCUT2D eigenvalue weighted by Crippen LogP contribution is 1.94. The average molecular weight is 187 g/mol. The Morgan fingerprint density at radius 1 is 1.23 bits per heavy atom. The normalized spacial score (nSPS) is 20.8. The Hall–Kier alpha value is -0.160. The predicted octanol–water partition coefficient (Wildman–Crippen LogP) is -0.225. The smallest absolute Gasteiger partial charge is 0.0604 e. The van der Waals surface area contributed by atoms with Crippen molar-refractivity contribution in [3.63, 3.8) is 0 Å². The van der Waals surface area contributed by atoms with Crippen molar-refractivity contribution in [1.82, 2.24) is 15.3 Å². The molecule has 0 aromatic rings. The van der Waals surface area contributed by atoms with Crippen LogP contribution >= 0.6 is 0 Å². The predicted molar refractivity (Wildman–Crippen MR) is 53.6 cm³/mol. The van der Waals surface area contributed by atoms with Gasteiger partial charge < -0.3 is 9.64 Å². The second kappa shape index (κ2) is 6.32. The molecule has 0 aliphatic carbocycles. The van der Waals surface area contributed by atoms with E-state index < -0.39 is 0 Å². The molecule has 78 valence electrons. The van der Waals surface area contributed by atoms with Crippen LogP contribution in [0.5, 0.6) is 0 Å². The van der Waals surface area contributed by atoms with Crippen molar-refractivity contribution >= 4 is 0 Å². The summed E-state index contributed by atoms with van der Waals surface area (Å²) < 4.78 is 5.25. The summed E-state index contributed by atoms with van der Waals surface area (Å²) >= 11 is 0. The number of nitrogens with zero attached hydrogens (tertiary/aromatic N) is 2. The van der Waals surface area contributed by atoms with Gasteiger partial charge in [-0.1, -0.05) is 0 Å². The summed E-state index contributed by atoms with van der Waals surface area (Å²) in [6.45, 7) is 9.11. The van der Waals surface area contributed by atoms with Crippen molar-refractivity contribution in [2.75, 3.05) is 53.0 Å². The summed E-state index contributed by atoms with van der Waals surface area (Å²) in [6.07, 6.45) is 0. The zero-order valence-electron chi connectivity index (χ0n) is 8.75. The SMILES string of the molecule is CCOCCNN1CCN(C)CC1. The van der Waals surface area contributed by atoms with E-state index in [-0.39, 0.29) is 0 Å². The molecule has 4 heteroatoms. The number of rotatable bonds is 5. The van der Waals surface area contributed by atoms with Crippen molar-refractivity contribution in [3.05, 3.63) is 0 Å². The molecule has 0 aromatic heterocycles. The van der Waals surface area contributed by atoms with E-state index in [2.05, 4.69) is 22.4 Å². The third-order valence-electron chi connectivity index (χ3n) is 2.29. The first-order valence-electron chi connectivity index (χ1n) is 5.07. The fraction of sp³-hybridized carbons (Fsp3) is 1.00. The van der Waals surface area contributed by atoms with Crippen LogP contribution in [0.25, 0.3) is 0 Å². The molecule has 1 heterocycles. The standard InChI is InChI=1S/C9H21N3O/c1-3-13-9-4-10-12-7-5-11(2)6-8-12/h10H,3-9H2,1-2H3. The van der Waals surface area contributed by atoms with Gasteiger partial charge in [0.2, 0.25) is 0 Å². The van der Waals surface area contributed by atoms with Gasteiger partial charge in [-0.05, 0) is 14.0 Å². The maximum absolute atomic E-state index is 5.25. The Bertz CT molecular complexity index is 124. The summed E-state index contributed by atoms with van der Waals surface area (Å²) in [5.41, 5.74) is 3.36. The van der Waals surface area contributed by atoms with Crippen molar-refractivity contribution in [2.45, 2.75) is 6.92 Å². The summed E-state index contributed by atoms with van der Waals surface area (Å²) in [7, 11) is 2.16. The molecule has 1 rings (SSSR count). The van der Waals surface area contributed by atoms with Gasteiger partial charge >= 0.3 is 0 Å². The van der Waals surface area contributed by atoms with E-state index in [0.717, 1.165) is 45.9 Å². The molecule has 0 unspecified atom stereocenters. The van der Waals surface area contributed by atoms with Gasteiger partial charge in [0.05, 0.1) is 6.61 Å². The molecule has 13 heavy (non-hydrogen) atoms. The molecule has 1 aliphatic rings. The average Bonchev–Trinajstić information content (AvgIpc) is 2.15. The number of hydrogen-bond acceptors (Lipinski definition) is 4. The van der Waals surface area contributed by atoms with Gasteiger partial charge in [0.25, 0.3) is 0 Å². The van der Waals surface area contributed by atoms with E-state index in [1.165, 1.54) is 0 Å². The van der Waals surface area contributed by atoms with Crippen LogP contribution in [-0.2, 0) is 4.74 Å². The molecule has 0 saturated carbocycles. The lowest BCUT2D eigenvalue weighted by Gasteiger charge is -2.32. The number of hydrogen-bond donors (Lipinski definition) is 1. The van der Waals surface area contributed by atoms with Gasteiger partial charge in [-0.25, -0.2) is 5.01 Å². The van der Waals surface area contributed by atoms with Gasteiger partial charge in [-0.15, -0.1) is 0 Å². The van der Waals surface area contributed by atoms with Gasteiger partial charge in [0.15, 0.2) is 0 Å². The zero-order chi connectivity index (χ0) is 9.52. The molecular formula is C9H21N3O. The van der Waals surface area contributed by atoms with Gasteiger partial charge in [-0.2, -0.15) is 0 Å². The molecule has 4 nitrogen and oxygen atoms in total. The van der Waals surface area contributed by atoms with Crippen LogP contribution in [0.3, 0.4) is 0 Å². The molecular weight excluding hydrogens is 166 g/mol. The molecule has 0 spiro atoms. The Kier molecular flexibility index (Phi) is 5.31. The highest BCUT2D eigenvalue weighted by atomic mass is 16.5. The summed E-state index contributed by atoms with van der Waals surface area (Å²) in [6, 6.07) is 0. The Balaban J connectivity index is 1.96. The Labute approximate surface area is 80.8 Å². The lowest BCUT2D eigenvalue weighted by Crippen LogP contribution is -2.51. The first kappa shape index (κ1) is 10.9. The van der Waals surface area contributed by atoms with Crippen molar-refractivity contribution in [2.24, 2.45) is 0 Å². The van der Waals surface area contributed by atoms with E-state index in [9.17, 15) is 0 Å². The summed E-state index contributed by atoms with van der Waals surface area (Å²) in [5, 5.41) is 2.28. The second-order valence-electron chi connectivity index (χ2n) is 3.40. The monoisotopic (exact) mass is 187 g/mol. The number of likely N-dealkylation sites (N-methyl/N-ethyl adjacent to an activating group) is 1. The number of hydrazine groups is 1. The first-order valence-corrected chi connectivity index (χ1v) is 5.07. The minimum absolute atomic E-state index is 0.808. The molecule has 0 amide bonds. The van der Waals surface area contributed by atoms with Crippen molar-refractivity contribution in [3.8, 4) is 0 Å². The van der Waals surface area contributed by atoms with Gasteiger partial charge in [0, 0.05) is 39.3 Å². The minimum atomic E-state index is 0.808. The maximum Gasteiger partial charge on any atom is 0.0604 e. The third kappa shape index (κ3) is 4.57. The van der Waals surface area contributed by atoms with Crippen molar-refractivity contribution < 1.29 is 4.74 Å². The lowest BCUT2D eigenvalue weighted by atomic mass is 10.4.